The van der Waals surface area contributed by atoms with Gasteiger partial charge in [-0.1, -0.05) is 24.9 Å². The van der Waals surface area contributed by atoms with E-state index in [1.54, 1.807) is 6.20 Å². The standard InChI is InChI=1S/C12H15ClN4/c1-2-3-7-4-10(7)17-11-9(16-12(17)14)5-8(13)6-15-11/h5-7,10H,2-4H2,1H3,(H2,14,16). The van der Waals surface area contributed by atoms with Gasteiger partial charge >= 0.3 is 0 Å². The number of hydrogen-bond donors (Lipinski definition) is 1. The second-order valence-electron chi connectivity index (χ2n) is 4.69. The van der Waals surface area contributed by atoms with Crippen molar-refractivity contribution in [2.24, 2.45) is 5.92 Å². The summed E-state index contributed by atoms with van der Waals surface area (Å²) in [6.45, 7) is 2.21. The van der Waals surface area contributed by atoms with Crippen molar-refractivity contribution in [2.75, 3.05) is 5.73 Å². The summed E-state index contributed by atoms with van der Waals surface area (Å²) >= 11 is 5.90. The molecule has 4 nitrogen and oxygen atoms in total. The van der Waals surface area contributed by atoms with Crippen LogP contribution in [0.25, 0.3) is 11.2 Å². The van der Waals surface area contributed by atoms with Crippen molar-refractivity contribution in [1.82, 2.24) is 14.5 Å². The highest BCUT2D eigenvalue weighted by Gasteiger charge is 2.39. The molecule has 1 fully saturated rings. The quantitative estimate of drug-likeness (QED) is 0.911. The molecule has 2 heterocycles. The third-order valence-electron chi connectivity index (χ3n) is 3.40. The zero-order valence-electron chi connectivity index (χ0n) is 9.73. The molecule has 1 aliphatic carbocycles. The Morgan fingerprint density at radius 2 is 2.41 bits per heavy atom. The number of pyridine rings is 1. The number of rotatable bonds is 3. The van der Waals surface area contributed by atoms with Gasteiger partial charge < -0.3 is 5.73 Å². The minimum atomic E-state index is 0.480. The number of hydrogen-bond acceptors (Lipinski definition) is 3. The van der Waals surface area contributed by atoms with E-state index < -0.39 is 0 Å². The molecular weight excluding hydrogens is 236 g/mol. The van der Waals surface area contributed by atoms with Gasteiger partial charge in [-0.05, 0) is 24.8 Å². The minimum absolute atomic E-state index is 0.480. The number of nitrogens with zero attached hydrogens (tertiary/aromatic N) is 3. The first-order valence-electron chi connectivity index (χ1n) is 5.99. The number of imidazole rings is 1. The van der Waals surface area contributed by atoms with Crippen LogP contribution in [0.2, 0.25) is 5.02 Å². The molecule has 1 aliphatic rings. The van der Waals surface area contributed by atoms with E-state index in [0.717, 1.165) is 17.1 Å². The second-order valence-corrected chi connectivity index (χ2v) is 5.12. The first kappa shape index (κ1) is 10.8. The second kappa shape index (κ2) is 3.88. The third kappa shape index (κ3) is 1.76. The maximum Gasteiger partial charge on any atom is 0.202 e. The zero-order valence-corrected chi connectivity index (χ0v) is 10.5. The summed E-state index contributed by atoms with van der Waals surface area (Å²) in [6.07, 6.45) is 5.30. The SMILES string of the molecule is CCCC1CC1n1c(N)nc2cc(Cl)cnc21. The highest BCUT2D eigenvalue weighted by atomic mass is 35.5. The molecule has 2 aromatic heterocycles. The van der Waals surface area contributed by atoms with E-state index >= 15 is 0 Å². The summed E-state index contributed by atoms with van der Waals surface area (Å²) in [5.41, 5.74) is 7.62. The van der Waals surface area contributed by atoms with Gasteiger partial charge in [0.15, 0.2) is 5.65 Å². The van der Waals surface area contributed by atoms with E-state index in [9.17, 15) is 0 Å². The van der Waals surface area contributed by atoms with E-state index in [2.05, 4.69) is 21.5 Å². The Balaban J connectivity index is 2.02. The largest absolute Gasteiger partial charge is 0.369 e. The Labute approximate surface area is 105 Å². The molecule has 2 atom stereocenters. The Hall–Kier alpha value is -1.29. The lowest BCUT2D eigenvalue weighted by Crippen LogP contribution is -2.03. The molecule has 2 N–H and O–H groups in total. The van der Waals surface area contributed by atoms with E-state index in [1.165, 1.54) is 19.3 Å². The van der Waals surface area contributed by atoms with Gasteiger partial charge in [-0.25, -0.2) is 9.97 Å². The van der Waals surface area contributed by atoms with Gasteiger partial charge in [0.25, 0.3) is 0 Å². The topological polar surface area (TPSA) is 56.7 Å². The molecule has 2 aromatic rings. The molecule has 2 unspecified atom stereocenters. The van der Waals surface area contributed by atoms with Gasteiger partial charge in [-0.2, -0.15) is 0 Å². The van der Waals surface area contributed by atoms with Gasteiger partial charge in [0.05, 0.1) is 5.02 Å². The van der Waals surface area contributed by atoms with Crippen LogP contribution in [-0.4, -0.2) is 14.5 Å². The van der Waals surface area contributed by atoms with Crippen LogP contribution in [0.4, 0.5) is 5.95 Å². The fraction of sp³-hybridized carbons (Fsp3) is 0.500. The fourth-order valence-corrected chi connectivity index (χ4v) is 2.68. The first-order chi connectivity index (χ1) is 8.20. The normalized spacial score (nSPS) is 23.2. The van der Waals surface area contributed by atoms with E-state index in [-0.39, 0.29) is 0 Å². The van der Waals surface area contributed by atoms with Gasteiger partial charge in [0.1, 0.15) is 5.52 Å². The van der Waals surface area contributed by atoms with E-state index in [4.69, 9.17) is 17.3 Å². The molecule has 1 saturated carbocycles. The average molecular weight is 251 g/mol. The molecule has 0 radical (unpaired) electrons. The molecular formula is C12H15ClN4. The van der Waals surface area contributed by atoms with Crippen molar-refractivity contribution in [3.8, 4) is 0 Å². The smallest absolute Gasteiger partial charge is 0.202 e. The van der Waals surface area contributed by atoms with Crippen LogP contribution in [0.15, 0.2) is 12.3 Å². The van der Waals surface area contributed by atoms with Gasteiger partial charge in [0, 0.05) is 12.2 Å². The number of halogens is 1. The Bertz CT molecular complexity index is 563. The summed E-state index contributed by atoms with van der Waals surface area (Å²) in [7, 11) is 0. The predicted octanol–water partition coefficient (Wildman–Crippen LogP) is 3.03. The maximum absolute atomic E-state index is 5.97. The monoisotopic (exact) mass is 250 g/mol. The molecule has 90 valence electrons. The summed E-state index contributed by atoms with van der Waals surface area (Å²) in [6, 6.07) is 2.29. The van der Waals surface area contributed by atoms with Crippen LogP contribution >= 0.6 is 11.6 Å². The van der Waals surface area contributed by atoms with Crippen LogP contribution in [-0.2, 0) is 0 Å². The third-order valence-corrected chi connectivity index (χ3v) is 3.61. The highest BCUT2D eigenvalue weighted by Crippen LogP contribution is 2.48. The molecule has 0 spiro atoms. The lowest BCUT2D eigenvalue weighted by Gasteiger charge is -2.04. The van der Waals surface area contributed by atoms with Crippen molar-refractivity contribution in [3.05, 3.63) is 17.3 Å². The minimum Gasteiger partial charge on any atom is -0.369 e. The zero-order chi connectivity index (χ0) is 12.0. The van der Waals surface area contributed by atoms with Gasteiger partial charge in [-0.15, -0.1) is 0 Å². The molecule has 0 amide bonds. The van der Waals surface area contributed by atoms with Crippen LogP contribution in [0.1, 0.15) is 32.2 Å². The number of nitrogens with two attached hydrogens (primary N) is 1. The molecule has 0 aromatic carbocycles. The Kier molecular flexibility index (Phi) is 2.47. The van der Waals surface area contributed by atoms with Crippen molar-refractivity contribution in [1.29, 1.82) is 0 Å². The van der Waals surface area contributed by atoms with Crippen molar-refractivity contribution in [2.45, 2.75) is 32.2 Å². The lowest BCUT2D eigenvalue weighted by atomic mass is 10.2. The van der Waals surface area contributed by atoms with E-state index in [1.807, 2.05) is 6.07 Å². The van der Waals surface area contributed by atoms with Crippen LogP contribution in [0, 0.1) is 5.92 Å². The predicted molar refractivity (Wildman–Crippen MR) is 69.0 cm³/mol. The summed E-state index contributed by atoms with van der Waals surface area (Å²) < 4.78 is 2.06. The van der Waals surface area contributed by atoms with Crippen LogP contribution < -0.4 is 5.73 Å². The number of anilines is 1. The van der Waals surface area contributed by atoms with Crippen LogP contribution in [0.5, 0.6) is 0 Å². The maximum atomic E-state index is 5.97. The van der Waals surface area contributed by atoms with Gasteiger partial charge in [-0.3, -0.25) is 4.57 Å². The highest BCUT2D eigenvalue weighted by molar-refractivity contribution is 6.31. The fourth-order valence-electron chi connectivity index (χ4n) is 2.53. The average Bonchev–Trinajstić information content (AvgIpc) is 2.94. The number of nitrogen functional groups attached to an aromatic ring is 1. The summed E-state index contributed by atoms with van der Waals surface area (Å²) in [4.78, 5) is 8.67. The Morgan fingerprint density at radius 3 is 3.18 bits per heavy atom. The molecule has 0 saturated heterocycles. The molecule has 3 rings (SSSR count). The van der Waals surface area contributed by atoms with Crippen molar-refractivity contribution < 1.29 is 0 Å². The molecule has 0 bridgehead atoms. The first-order valence-corrected chi connectivity index (χ1v) is 6.37. The summed E-state index contributed by atoms with van der Waals surface area (Å²) in [5, 5.41) is 0.600. The van der Waals surface area contributed by atoms with E-state index in [0.29, 0.717) is 17.0 Å². The Morgan fingerprint density at radius 1 is 1.59 bits per heavy atom. The van der Waals surface area contributed by atoms with Gasteiger partial charge in [0.2, 0.25) is 5.95 Å². The number of fused-ring (bicyclic) bond motifs is 1. The van der Waals surface area contributed by atoms with Crippen molar-refractivity contribution in [3.63, 3.8) is 0 Å². The molecule has 0 aliphatic heterocycles. The van der Waals surface area contributed by atoms with Crippen LogP contribution in [0.3, 0.4) is 0 Å². The lowest BCUT2D eigenvalue weighted by molar-refractivity contribution is 0.620. The molecule has 5 heteroatoms. The van der Waals surface area contributed by atoms with Crippen molar-refractivity contribution >= 4 is 28.7 Å². The molecule has 17 heavy (non-hydrogen) atoms. The summed E-state index contributed by atoms with van der Waals surface area (Å²) in [5.74, 6) is 1.29. The number of aromatic nitrogens is 3.